The Bertz CT molecular complexity index is 1110. The monoisotopic (exact) mass is 387 g/mol. The fourth-order valence-electron chi connectivity index (χ4n) is 4.01. The molecule has 29 heavy (non-hydrogen) atoms. The zero-order chi connectivity index (χ0) is 20.5. The number of benzene rings is 1. The fraction of sp³-hybridized carbons (Fsp3) is 0.190. The van der Waals surface area contributed by atoms with Gasteiger partial charge in [-0.05, 0) is 30.5 Å². The van der Waals surface area contributed by atoms with E-state index in [0.717, 1.165) is 0 Å². The van der Waals surface area contributed by atoms with E-state index in [4.69, 9.17) is 5.73 Å². The van der Waals surface area contributed by atoms with Crippen LogP contribution >= 0.6 is 0 Å². The van der Waals surface area contributed by atoms with Crippen LogP contribution in [0, 0.1) is 21.4 Å². The van der Waals surface area contributed by atoms with Gasteiger partial charge in [0.1, 0.15) is 5.82 Å². The van der Waals surface area contributed by atoms with E-state index in [-0.39, 0.29) is 22.9 Å². The topological polar surface area (TPSA) is 126 Å². The van der Waals surface area contributed by atoms with E-state index in [1.807, 2.05) is 6.07 Å². The van der Waals surface area contributed by atoms with Gasteiger partial charge in [-0.25, -0.2) is 0 Å². The zero-order valence-electron chi connectivity index (χ0n) is 15.4. The third-order valence-electron chi connectivity index (χ3n) is 5.23. The number of nitro benzene ring substituents is 1. The smallest absolute Gasteiger partial charge is 0.271 e. The molecular formula is C21H17N5O3. The molecule has 4 rings (SSSR count). The first-order chi connectivity index (χ1) is 14.0. The van der Waals surface area contributed by atoms with Crippen LogP contribution in [0.2, 0.25) is 0 Å². The van der Waals surface area contributed by atoms with Gasteiger partial charge in [-0.2, -0.15) is 5.26 Å². The molecule has 1 aromatic heterocycles. The lowest BCUT2D eigenvalue weighted by atomic mass is 9.76. The van der Waals surface area contributed by atoms with Crippen LogP contribution in [0.1, 0.15) is 30.7 Å². The molecule has 1 aromatic carbocycles. The summed E-state index contributed by atoms with van der Waals surface area (Å²) in [6.07, 6.45) is 4.87. The van der Waals surface area contributed by atoms with Gasteiger partial charge in [0, 0.05) is 42.2 Å². The quantitative estimate of drug-likeness (QED) is 0.632. The molecule has 144 valence electrons. The van der Waals surface area contributed by atoms with Crippen molar-refractivity contribution in [2.45, 2.75) is 25.2 Å². The van der Waals surface area contributed by atoms with Crippen molar-refractivity contribution in [3.63, 3.8) is 0 Å². The normalized spacial score (nSPS) is 19.1. The number of carbonyl (C=O) groups excluding carboxylic acids is 1. The van der Waals surface area contributed by atoms with Gasteiger partial charge in [-0.1, -0.05) is 12.1 Å². The Morgan fingerprint density at radius 3 is 2.79 bits per heavy atom. The van der Waals surface area contributed by atoms with Crippen molar-refractivity contribution in [1.29, 1.82) is 5.26 Å². The highest BCUT2D eigenvalue weighted by atomic mass is 16.6. The molecule has 2 heterocycles. The zero-order valence-corrected chi connectivity index (χ0v) is 15.4. The van der Waals surface area contributed by atoms with E-state index >= 15 is 0 Å². The molecule has 0 saturated carbocycles. The van der Waals surface area contributed by atoms with E-state index in [1.165, 1.54) is 12.1 Å². The number of nitrogens with two attached hydrogens (primary N) is 1. The second-order valence-electron chi connectivity index (χ2n) is 6.88. The van der Waals surface area contributed by atoms with Crippen molar-refractivity contribution in [3.8, 4) is 6.07 Å². The number of pyridine rings is 1. The third kappa shape index (κ3) is 3.02. The molecule has 0 spiro atoms. The maximum atomic E-state index is 12.9. The first kappa shape index (κ1) is 18.4. The van der Waals surface area contributed by atoms with Crippen molar-refractivity contribution in [3.05, 3.63) is 87.1 Å². The largest absolute Gasteiger partial charge is 0.384 e. The number of aromatic nitrogens is 1. The van der Waals surface area contributed by atoms with Crippen molar-refractivity contribution in [2.75, 3.05) is 4.90 Å². The van der Waals surface area contributed by atoms with E-state index < -0.39 is 10.8 Å². The van der Waals surface area contributed by atoms with Crippen LogP contribution in [0.5, 0.6) is 0 Å². The summed E-state index contributed by atoms with van der Waals surface area (Å²) in [5.41, 5.74) is 8.94. The number of carbonyl (C=O) groups is 1. The first-order valence-corrected chi connectivity index (χ1v) is 9.13. The predicted molar refractivity (Wildman–Crippen MR) is 105 cm³/mol. The summed E-state index contributed by atoms with van der Waals surface area (Å²) >= 11 is 0. The molecule has 0 saturated heterocycles. The minimum absolute atomic E-state index is 0.0456. The molecule has 2 aliphatic rings. The molecule has 8 heteroatoms. The minimum Gasteiger partial charge on any atom is -0.384 e. The van der Waals surface area contributed by atoms with Crippen LogP contribution in [0.15, 0.2) is 71.5 Å². The Morgan fingerprint density at radius 1 is 1.28 bits per heavy atom. The summed E-state index contributed by atoms with van der Waals surface area (Å²) in [4.78, 5) is 29.4. The van der Waals surface area contributed by atoms with Gasteiger partial charge in [0.05, 0.1) is 28.2 Å². The highest BCUT2D eigenvalue weighted by Gasteiger charge is 2.40. The lowest BCUT2D eigenvalue weighted by Gasteiger charge is -2.39. The number of Topliss-reactive ketones (excluding diaryl/α,β-unsaturated/α-hetero) is 1. The summed E-state index contributed by atoms with van der Waals surface area (Å²) in [5, 5.41) is 21.1. The van der Waals surface area contributed by atoms with E-state index in [1.54, 1.807) is 35.5 Å². The maximum absolute atomic E-state index is 12.9. The van der Waals surface area contributed by atoms with Crippen LogP contribution in [0.3, 0.4) is 0 Å². The average molecular weight is 387 g/mol. The number of hydrogen-bond acceptors (Lipinski definition) is 7. The number of nitriles is 1. The molecule has 0 fully saturated rings. The highest BCUT2D eigenvalue weighted by molar-refractivity contribution is 6.01. The molecule has 8 nitrogen and oxygen atoms in total. The lowest BCUT2D eigenvalue weighted by molar-refractivity contribution is -0.384. The predicted octanol–water partition coefficient (Wildman–Crippen LogP) is 3.29. The van der Waals surface area contributed by atoms with E-state index in [9.17, 15) is 20.2 Å². The summed E-state index contributed by atoms with van der Waals surface area (Å²) in [5.74, 6) is -0.461. The van der Waals surface area contributed by atoms with Crippen LogP contribution in [0.4, 0.5) is 11.4 Å². The van der Waals surface area contributed by atoms with E-state index in [2.05, 4.69) is 11.1 Å². The number of rotatable bonds is 3. The van der Waals surface area contributed by atoms with Crippen molar-refractivity contribution >= 4 is 17.2 Å². The number of allylic oxidation sites excluding steroid dienone is 3. The summed E-state index contributed by atoms with van der Waals surface area (Å²) < 4.78 is 0. The lowest BCUT2D eigenvalue weighted by Crippen LogP contribution is -2.38. The van der Waals surface area contributed by atoms with Crippen LogP contribution < -0.4 is 10.6 Å². The Labute approximate surface area is 166 Å². The molecule has 0 bridgehead atoms. The van der Waals surface area contributed by atoms with Gasteiger partial charge >= 0.3 is 0 Å². The summed E-state index contributed by atoms with van der Waals surface area (Å²) in [6.45, 7) is 0. The number of non-ortho nitro benzene ring substituents is 1. The number of nitro groups is 1. The molecule has 0 radical (unpaired) electrons. The molecule has 2 N–H and O–H groups in total. The molecule has 1 aliphatic heterocycles. The maximum Gasteiger partial charge on any atom is 0.271 e. The molecule has 1 atom stereocenters. The van der Waals surface area contributed by atoms with E-state index in [0.29, 0.717) is 41.8 Å². The summed E-state index contributed by atoms with van der Waals surface area (Å²) in [6, 6.07) is 11.8. The third-order valence-corrected chi connectivity index (χ3v) is 5.23. The number of ketones is 1. The van der Waals surface area contributed by atoms with Gasteiger partial charge in [-0.15, -0.1) is 0 Å². The van der Waals surface area contributed by atoms with Crippen molar-refractivity contribution < 1.29 is 9.72 Å². The molecule has 0 amide bonds. The number of anilines is 1. The fourth-order valence-corrected chi connectivity index (χ4v) is 4.01. The average Bonchev–Trinajstić information content (AvgIpc) is 2.73. The molecule has 2 aromatic rings. The van der Waals surface area contributed by atoms with Crippen LogP contribution in [-0.2, 0) is 4.79 Å². The molecule has 1 aliphatic carbocycles. The van der Waals surface area contributed by atoms with Crippen molar-refractivity contribution in [2.24, 2.45) is 5.73 Å². The van der Waals surface area contributed by atoms with Crippen LogP contribution in [0.25, 0.3) is 0 Å². The number of nitrogens with zero attached hydrogens (tertiary/aromatic N) is 4. The van der Waals surface area contributed by atoms with Gasteiger partial charge in [0.25, 0.3) is 5.69 Å². The van der Waals surface area contributed by atoms with Gasteiger partial charge in [0.15, 0.2) is 5.78 Å². The van der Waals surface area contributed by atoms with Crippen molar-refractivity contribution in [1.82, 2.24) is 4.98 Å². The minimum atomic E-state index is -0.591. The first-order valence-electron chi connectivity index (χ1n) is 9.13. The van der Waals surface area contributed by atoms with Gasteiger partial charge < -0.3 is 5.73 Å². The second kappa shape index (κ2) is 7.20. The molecule has 0 unspecified atom stereocenters. The second-order valence-corrected chi connectivity index (χ2v) is 6.88. The SMILES string of the molecule is N#CC1=C(N)N(c2cccc([N+](=O)[O-])c2)C2=C(C(=O)CCC2)[C@@H]1c1cccnc1. The van der Waals surface area contributed by atoms with Gasteiger partial charge in [-0.3, -0.25) is 24.8 Å². The Balaban J connectivity index is 1.96. The Morgan fingerprint density at radius 2 is 2.10 bits per heavy atom. The van der Waals surface area contributed by atoms with Crippen LogP contribution in [-0.4, -0.2) is 15.7 Å². The Hall–Kier alpha value is -3.99. The Kier molecular flexibility index (Phi) is 4.56. The highest BCUT2D eigenvalue weighted by Crippen LogP contribution is 2.46. The number of hydrogen-bond donors (Lipinski definition) is 1. The molecular weight excluding hydrogens is 370 g/mol. The standard InChI is InChI=1S/C21H17N5O3/c22-11-16-19(13-4-3-9-24-12-13)20-17(7-2-8-18(20)27)25(21(16)23)14-5-1-6-15(10-14)26(28)29/h1,3-6,9-10,12,19H,2,7-8,23H2/t19-/m1/s1. The summed E-state index contributed by atoms with van der Waals surface area (Å²) in [7, 11) is 0. The van der Waals surface area contributed by atoms with Gasteiger partial charge in [0.2, 0.25) is 0 Å².